The lowest BCUT2D eigenvalue weighted by atomic mass is 10.3. The Morgan fingerprint density at radius 2 is 2.27 bits per heavy atom. The smallest absolute Gasteiger partial charge is 0.110 e. The Labute approximate surface area is 105 Å². The predicted octanol–water partition coefficient (Wildman–Crippen LogP) is 3.96. The standard InChI is InChI=1S/C10H11BrN2S2/c1-5(12)10-13-9(6(2)15-10)8-3-7(11)4-14-8/h3-5H,12H2,1-2H3. The highest BCUT2D eigenvalue weighted by Crippen LogP contribution is 2.34. The Bertz CT molecular complexity index is 473. The second kappa shape index (κ2) is 4.33. The number of aryl methyl sites for hydroxylation is 1. The van der Waals surface area contributed by atoms with Gasteiger partial charge in [0.2, 0.25) is 0 Å². The second-order valence-electron chi connectivity index (χ2n) is 3.37. The summed E-state index contributed by atoms with van der Waals surface area (Å²) in [6, 6.07) is 2.11. The zero-order valence-electron chi connectivity index (χ0n) is 8.45. The Hall–Kier alpha value is -0.230. The van der Waals surface area contributed by atoms with E-state index in [4.69, 9.17) is 5.73 Å². The molecule has 0 saturated carbocycles. The molecule has 0 bridgehead atoms. The number of nitrogens with zero attached hydrogens (tertiary/aromatic N) is 1. The van der Waals surface area contributed by atoms with Gasteiger partial charge in [0.25, 0.3) is 0 Å². The van der Waals surface area contributed by atoms with Gasteiger partial charge in [-0.3, -0.25) is 0 Å². The Balaban J connectivity index is 2.44. The first-order valence-electron chi connectivity index (χ1n) is 4.55. The van der Waals surface area contributed by atoms with Gasteiger partial charge in [0.05, 0.1) is 16.6 Å². The van der Waals surface area contributed by atoms with Crippen molar-refractivity contribution in [3.05, 3.63) is 25.8 Å². The lowest BCUT2D eigenvalue weighted by molar-refractivity contribution is 0.808. The van der Waals surface area contributed by atoms with Crippen LogP contribution in [0.3, 0.4) is 0 Å². The molecule has 0 spiro atoms. The molecule has 0 aromatic carbocycles. The Morgan fingerprint density at radius 1 is 1.53 bits per heavy atom. The van der Waals surface area contributed by atoms with E-state index in [0.29, 0.717) is 0 Å². The maximum Gasteiger partial charge on any atom is 0.110 e. The SMILES string of the molecule is Cc1sc(C(C)N)nc1-c1cc(Br)cs1. The molecule has 5 heteroatoms. The van der Waals surface area contributed by atoms with Gasteiger partial charge in [0.1, 0.15) is 5.01 Å². The van der Waals surface area contributed by atoms with Crippen molar-refractivity contribution < 1.29 is 0 Å². The Kier molecular flexibility index (Phi) is 3.25. The lowest BCUT2D eigenvalue weighted by Crippen LogP contribution is -2.03. The molecule has 80 valence electrons. The highest BCUT2D eigenvalue weighted by molar-refractivity contribution is 9.10. The van der Waals surface area contributed by atoms with Crippen molar-refractivity contribution in [2.24, 2.45) is 5.73 Å². The molecule has 0 fully saturated rings. The fourth-order valence-electron chi connectivity index (χ4n) is 1.28. The largest absolute Gasteiger partial charge is 0.322 e. The van der Waals surface area contributed by atoms with Gasteiger partial charge in [0, 0.05) is 14.7 Å². The zero-order valence-corrected chi connectivity index (χ0v) is 11.7. The fraction of sp³-hybridized carbons (Fsp3) is 0.300. The summed E-state index contributed by atoms with van der Waals surface area (Å²) in [5, 5.41) is 3.08. The van der Waals surface area contributed by atoms with Gasteiger partial charge in [-0.05, 0) is 35.8 Å². The number of aromatic nitrogens is 1. The van der Waals surface area contributed by atoms with E-state index in [2.05, 4.69) is 39.3 Å². The van der Waals surface area contributed by atoms with Crippen LogP contribution in [-0.2, 0) is 0 Å². The van der Waals surface area contributed by atoms with Crippen LogP contribution in [0.25, 0.3) is 10.6 Å². The molecular weight excluding hydrogens is 292 g/mol. The van der Waals surface area contributed by atoms with Gasteiger partial charge in [-0.1, -0.05) is 0 Å². The second-order valence-corrected chi connectivity index (χ2v) is 6.44. The minimum absolute atomic E-state index is 0.0193. The summed E-state index contributed by atoms with van der Waals surface area (Å²) < 4.78 is 1.11. The highest BCUT2D eigenvalue weighted by Gasteiger charge is 2.13. The molecule has 2 N–H and O–H groups in total. The third-order valence-corrected chi connectivity index (χ3v) is 4.87. The van der Waals surface area contributed by atoms with Gasteiger partial charge in [0.15, 0.2) is 0 Å². The number of rotatable bonds is 2. The van der Waals surface area contributed by atoms with Crippen LogP contribution in [0.4, 0.5) is 0 Å². The van der Waals surface area contributed by atoms with Crippen molar-refractivity contribution in [2.45, 2.75) is 19.9 Å². The van der Waals surface area contributed by atoms with Crippen molar-refractivity contribution in [2.75, 3.05) is 0 Å². The average Bonchev–Trinajstić information content (AvgIpc) is 2.71. The van der Waals surface area contributed by atoms with E-state index in [1.807, 2.05) is 6.92 Å². The molecule has 1 unspecified atom stereocenters. The maximum absolute atomic E-state index is 5.82. The number of thiophene rings is 1. The average molecular weight is 303 g/mol. The molecule has 0 aliphatic carbocycles. The zero-order chi connectivity index (χ0) is 11.0. The van der Waals surface area contributed by atoms with E-state index in [0.717, 1.165) is 15.2 Å². The van der Waals surface area contributed by atoms with Gasteiger partial charge >= 0.3 is 0 Å². The molecule has 0 saturated heterocycles. The summed E-state index contributed by atoms with van der Waals surface area (Å²) in [6.07, 6.45) is 0. The summed E-state index contributed by atoms with van der Waals surface area (Å²) in [5.41, 5.74) is 6.89. The van der Waals surface area contributed by atoms with E-state index in [1.54, 1.807) is 22.7 Å². The number of hydrogen-bond acceptors (Lipinski definition) is 4. The molecule has 0 amide bonds. The first kappa shape index (κ1) is 11.3. The van der Waals surface area contributed by atoms with Crippen LogP contribution in [-0.4, -0.2) is 4.98 Å². The highest BCUT2D eigenvalue weighted by atomic mass is 79.9. The van der Waals surface area contributed by atoms with E-state index in [-0.39, 0.29) is 6.04 Å². The molecule has 0 aliphatic heterocycles. The van der Waals surface area contributed by atoms with E-state index in [9.17, 15) is 0 Å². The summed E-state index contributed by atoms with van der Waals surface area (Å²) in [6.45, 7) is 4.05. The maximum atomic E-state index is 5.82. The summed E-state index contributed by atoms with van der Waals surface area (Å²) >= 11 is 6.83. The molecule has 2 aromatic heterocycles. The van der Waals surface area contributed by atoms with E-state index < -0.39 is 0 Å². The summed E-state index contributed by atoms with van der Waals surface area (Å²) in [5.74, 6) is 0. The summed E-state index contributed by atoms with van der Waals surface area (Å²) in [7, 11) is 0. The quantitative estimate of drug-likeness (QED) is 0.912. The third-order valence-electron chi connectivity index (χ3n) is 2.00. The van der Waals surface area contributed by atoms with Crippen LogP contribution in [0.1, 0.15) is 22.9 Å². The molecule has 2 heterocycles. The minimum atomic E-state index is 0.0193. The topological polar surface area (TPSA) is 38.9 Å². The molecule has 1 atom stereocenters. The first-order chi connectivity index (χ1) is 7.08. The lowest BCUT2D eigenvalue weighted by Gasteiger charge is -1.96. The number of halogens is 1. The van der Waals surface area contributed by atoms with Crippen molar-refractivity contribution in [1.29, 1.82) is 0 Å². The molecule has 15 heavy (non-hydrogen) atoms. The van der Waals surface area contributed by atoms with Crippen molar-refractivity contribution >= 4 is 38.6 Å². The van der Waals surface area contributed by atoms with E-state index >= 15 is 0 Å². The van der Waals surface area contributed by atoms with Gasteiger partial charge in [-0.15, -0.1) is 22.7 Å². The Morgan fingerprint density at radius 3 is 2.73 bits per heavy atom. The van der Waals surface area contributed by atoms with Crippen LogP contribution in [0, 0.1) is 6.92 Å². The number of hydrogen-bond donors (Lipinski definition) is 1. The molecule has 2 rings (SSSR count). The number of thiazole rings is 1. The van der Waals surface area contributed by atoms with Gasteiger partial charge in [-0.2, -0.15) is 0 Å². The van der Waals surface area contributed by atoms with Gasteiger partial charge in [-0.25, -0.2) is 4.98 Å². The van der Waals surface area contributed by atoms with E-state index in [1.165, 1.54) is 9.75 Å². The predicted molar refractivity (Wildman–Crippen MR) is 70.5 cm³/mol. The normalized spacial score (nSPS) is 13.1. The minimum Gasteiger partial charge on any atom is -0.322 e. The first-order valence-corrected chi connectivity index (χ1v) is 7.04. The van der Waals surface area contributed by atoms with Crippen LogP contribution in [0.2, 0.25) is 0 Å². The van der Waals surface area contributed by atoms with Crippen molar-refractivity contribution in [3.8, 4) is 10.6 Å². The van der Waals surface area contributed by atoms with Gasteiger partial charge < -0.3 is 5.73 Å². The van der Waals surface area contributed by atoms with Crippen molar-refractivity contribution in [1.82, 2.24) is 4.98 Å². The molecule has 2 aromatic rings. The molecule has 2 nitrogen and oxygen atoms in total. The number of nitrogens with two attached hydrogens (primary N) is 1. The molecule has 0 radical (unpaired) electrons. The van der Waals surface area contributed by atoms with Crippen LogP contribution < -0.4 is 5.73 Å². The monoisotopic (exact) mass is 302 g/mol. The fourth-order valence-corrected chi connectivity index (χ4v) is 3.70. The molecule has 0 aliphatic rings. The molecular formula is C10H11BrN2S2. The van der Waals surface area contributed by atoms with Crippen molar-refractivity contribution in [3.63, 3.8) is 0 Å². The van der Waals surface area contributed by atoms with Crippen LogP contribution >= 0.6 is 38.6 Å². The van der Waals surface area contributed by atoms with Crippen LogP contribution in [0.15, 0.2) is 15.9 Å². The van der Waals surface area contributed by atoms with Crippen LogP contribution in [0.5, 0.6) is 0 Å². The third kappa shape index (κ3) is 2.30. The summed E-state index contributed by atoms with van der Waals surface area (Å²) in [4.78, 5) is 7.01.